The van der Waals surface area contributed by atoms with E-state index in [1.54, 1.807) is 6.20 Å². The van der Waals surface area contributed by atoms with Crippen molar-refractivity contribution >= 4 is 17.4 Å². The molecule has 0 radical (unpaired) electrons. The van der Waals surface area contributed by atoms with Gasteiger partial charge in [-0.05, 0) is 42.6 Å². The Labute approximate surface area is 138 Å². The van der Waals surface area contributed by atoms with E-state index in [-0.39, 0.29) is 5.91 Å². The maximum Gasteiger partial charge on any atom is 0.253 e. The van der Waals surface area contributed by atoms with Crippen molar-refractivity contribution in [1.82, 2.24) is 18.8 Å². The van der Waals surface area contributed by atoms with E-state index in [1.807, 2.05) is 51.5 Å². The van der Waals surface area contributed by atoms with Crippen molar-refractivity contribution in [2.75, 3.05) is 13.1 Å². The number of hydrogen-bond acceptors (Lipinski definition) is 4. The molecule has 0 aliphatic carbocycles. The van der Waals surface area contributed by atoms with Crippen LogP contribution in [0.4, 0.5) is 0 Å². The number of likely N-dealkylation sites (tertiary alicyclic amines) is 1. The topological polar surface area (TPSA) is 51.0 Å². The lowest BCUT2D eigenvalue weighted by Crippen LogP contribution is -2.27. The lowest BCUT2D eigenvalue weighted by Gasteiger charge is -2.16. The molecule has 1 aliphatic heterocycles. The lowest BCUT2D eigenvalue weighted by molar-refractivity contribution is 0.0793. The van der Waals surface area contributed by atoms with Crippen LogP contribution in [-0.4, -0.2) is 37.8 Å². The van der Waals surface area contributed by atoms with E-state index in [2.05, 4.69) is 9.36 Å². The van der Waals surface area contributed by atoms with Gasteiger partial charge in [0.15, 0.2) is 0 Å². The quantitative estimate of drug-likeness (QED) is 0.743. The molecule has 0 spiro atoms. The molecule has 5 nitrogen and oxygen atoms in total. The number of hydrogen-bond donors (Lipinski definition) is 0. The predicted molar refractivity (Wildman–Crippen MR) is 89.8 cm³/mol. The Hall–Kier alpha value is -2.47. The van der Waals surface area contributed by atoms with Crippen LogP contribution in [0.3, 0.4) is 0 Å². The molecular weight excluding hydrogens is 308 g/mol. The van der Waals surface area contributed by atoms with Gasteiger partial charge in [-0.25, -0.2) is 9.36 Å². The number of aromatic nitrogens is 3. The SMILES string of the molecule is O=C(c1cccc(-n2ccnc2-c2cnsc2)c1)N1CCCC1. The van der Waals surface area contributed by atoms with Crippen molar-refractivity contribution in [3.63, 3.8) is 0 Å². The number of benzene rings is 1. The summed E-state index contributed by atoms with van der Waals surface area (Å²) < 4.78 is 6.13. The van der Waals surface area contributed by atoms with Crippen LogP contribution in [0.15, 0.2) is 48.2 Å². The van der Waals surface area contributed by atoms with Gasteiger partial charge >= 0.3 is 0 Å². The van der Waals surface area contributed by atoms with Crippen LogP contribution in [0, 0.1) is 0 Å². The second kappa shape index (κ2) is 5.96. The average molecular weight is 324 g/mol. The minimum absolute atomic E-state index is 0.114. The molecule has 0 atom stereocenters. The monoisotopic (exact) mass is 324 g/mol. The number of nitrogens with zero attached hydrogens (tertiary/aromatic N) is 4. The van der Waals surface area contributed by atoms with Crippen LogP contribution in [0.25, 0.3) is 17.1 Å². The summed E-state index contributed by atoms with van der Waals surface area (Å²) in [4.78, 5) is 18.9. The number of rotatable bonds is 3. The first-order valence-corrected chi connectivity index (χ1v) is 8.49. The van der Waals surface area contributed by atoms with Crippen LogP contribution in [-0.2, 0) is 0 Å². The summed E-state index contributed by atoms with van der Waals surface area (Å²) >= 11 is 1.40. The highest BCUT2D eigenvalue weighted by Crippen LogP contribution is 2.23. The van der Waals surface area contributed by atoms with Gasteiger partial charge < -0.3 is 4.90 Å². The van der Waals surface area contributed by atoms with Crippen LogP contribution in [0.2, 0.25) is 0 Å². The summed E-state index contributed by atoms with van der Waals surface area (Å²) in [5.74, 6) is 0.952. The van der Waals surface area contributed by atoms with Gasteiger partial charge in [-0.2, -0.15) is 0 Å². The van der Waals surface area contributed by atoms with E-state index in [0.717, 1.165) is 48.6 Å². The molecule has 3 aromatic rings. The fraction of sp³-hybridized carbons (Fsp3) is 0.235. The normalized spacial score (nSPS) is 14.3. The largest absolute Gasteiger partial charge is 0.339 e. The first-order chi connectivity index (χ1) is 11.3. The van der Waals surface area contributed by atoms with E-state index in [1.165, 1.54) is 11.5 Å². The number of amides is 1. The summed E-state index contributed by atoms with van der Waals surface area (Å²) in [6, 6.07) is 7.73. The molecule has 2 aromatic heterocycles. The second-order valence-corrected chi connectivity index (χ2v) is 6.24. The first-order valence-electron chi connectivity index (χ1n) is 7.66. The highest BCUT2D eigenvalue weighted by Gasteiger charge is 2.20. The van der Waals surface area contributed by atoms with Gasteiger partial charge in [-0.15, -0.1) is 0 Å². The Bertz CT molecular complexity index is 819. The van der Waals surface area contributed by atoms with E-state index in [0.29, 0.717) is 0 Å². The smallest absolute Gasteiger partial charge is 0.253 e. The van der Waals surface area contributed by atoms with Crippen LogP contribution in [0.5, 0.6) is 0 Å². The number of imidazole rings is 1. The zero-order valence-electron chi connectivity index (χ0n) is 12.6. The van der Waals surface area contributed by atoms with Gasteiger partial charge in [0.1, 0.15) is 5.82 Å². The van der Waals surface area contributed by atoms with Crippen molar-refractivity contribution in [1.29, 1.82) is 0 Å². The Morgan fingerprint density at radius 1 is 1.22 bits per heavy atom. The molecule has 0 bridgehead atoms. The minimum atomic E-state index is 0.114. The fourth-order valence-electron chi connectivity index (χ4n) is 2.93. The Balaban J connectivity index is 1.70. The zero-order chi connectivity index (χ0) is 15.6. The van der Waals surface area contributed by atoms with Crippen molar-refractivity contribution in [3.8, 4) is 17.1 Å². The third-order valence-corrected chi connectivity index (χ3v) is 4.68. The highest BCUT2D eigenvalue weighted by molar-refractivity contribution is 7.03. The lowest BCUT2D eigenvalue weighted by atomic mass is 10.1. The van der Waals surface area contributed by atoms with Crippen molar-refractivity contribution in [3.05, 3.63) is 53.8 Å². The summed E-state index contributed by atoms with van der Waals surface area (Å²) in [6.45, 7) is 1.72. The molecule has 6 heteroatoms. The number of carbonyl (C=O) groups excluding carboxylic acids is 1. The molecule has 0 N–H and O–H groups in total. The predicted octanol–water partition coefficient (Wildman–Crippen LogP) is 3.23. The minimum Gasteiger partial charge on any atom is -0.339 e. The van der Waals surface area contributed by atoms with Crippen LogP contribution in [0.1, 0.15) is 23.2 Å². The van der Waals surface area contributed by atoms with E-state index in [9.17, 15) is 4.79 Å². The van der Waals surface area contributed by atoms with Crippen LogP contribution < -0.4 is 0 Å². The molecule has 1 saturated heterocycles. The summed E-state index contributed by atoms with van der Waals surface area (Å²) in [5, 5.41) is 1.97. The van der Waals surface area contributed by atoms with Gasteiger partial charge in [0.05, 0.1) is 6.20 Å². The van der Waals surface area contributed by atoms with Crippen molar-refractivity contribution in [2.24, 2.45) is 0 Å². The summed E-state index contributed by atoms with van der Waals surface area (Å²) in [7, 11) is 0. The molecule has 4 rings (SSSR count). The third-order valence-electron chi connectivity index (χ3n) is 4.10. The number of carbonyl (C=O) groups is 1. The molecule has 1 amide bonds. The first kappa shape index (κ1) is 14.1. The van der Waals surface area contributed by atoms with Gasteiger partial charge in [0.2, 0.25) is 0 Å². The van der Waals surface area contributed by atoms with Crippen molar-refractivity contribution in [2.45, 2.75) is 12.8 Å². The zero-order valence-corrected chi connectivity index (χ0v) is 13.4. The maximum absolute atomic E-state index is 12.6. The third kappa shape index (κ3) is 2.66. The van der Waals surface area contributed by atoms with Gasteiger partial charge in [-0.3, -0.25) is 9.36 Å². The Kier molecular flexibility index (Phi) is 3.67. The maximum atomic E-state index is 12.6. The average Bonchev–Trinajstić information content (AvgIpc) is 3.35. The Morgan fingerprint density at radius 3 is 2.87 bits per heavy atom. The van der Waals surface area contributed by atoms with Gasteiger partial charge in [0.25, 0.3) is 5.91 Å². The molecule has 1 fully saturated rings. The van der Waals surface area contributed by atoms with Gasteiger partial charge in [0, 0.05) is 47.7 Å². The molecule has 1 aromatic carbocycles. The van der Waals surface area contributed by atoms with Crippen molar-refractivity contribution < 1.29 is 4.79 Å². The van der Waals surface area contributed by atoms with E-state index in [4.69, 9.17) is 0 Å². The molecule has 23 heavy (non-hydrogen) atoms. The van der Waals surface area contributed by atoms with Gasteiger partial charge in [-0.1, -0.05) is 6.07 Å². The summed E-state index contributed by atoms with van der Waals surface area (Å²) in [6.07, 6.45) is 7.68. The molecule has 116 valence electrons. The van der Waals surface area contributed by atoms with E-state index < -0.39 is 0 Å². The highest BCUT2D eigenvalue weighted by atomic mass is 32.1. The van der Waals surface area contributed by atoms with E-state index >= 15 is 0 Å². The second-order valence-electron chi connectivity index (χ2n) is 5.58. The molecule has 3 heterocycles. The Morgan fingerprint density at radius 2 is 2.09 bits per heavy atom. The van der Waals surface area contributed by atoms with Crippen LogP contribution >= 0.6 is 11.5 Å². The molecule has 0 unspecified atom stereocenters. The molecule has 0 saturated carbocycles. The molecule has 1 aliphatic rings. The fourth-order valence-corrected chi connectivity index (χ4v) is 3.45. The standard InChI is InChI=1S/C17H16N4OS/c22-17(20-7-1-2-8-20)13-4-3-5-15(10-13)21-9-6-18-16(21)14-11-19-23-12-14/h3-6,9-12H,1-2,7-8H2. The molecular formula is C17H16N4OS. The summed E-state index contributed by atoms with van der Waals surface area (Å²) in [5.41, 5.74) is 2.65.